The number of phenols is 2. The molecule has 7 nitrogen and oxygen atoms in total. The summed E-state index contributed by atoms with van der Waals surface area (Å²) >= 11 is 5.96. The van der Waals surface area contributed by atoms with Gasteiger partial charge in [-0.3, -0.25) is 9.69 Å². The van der Waals surface area contributed by atoms with Crippen molar-refractivity contribution in [2.45, 2.75) is 25.4 Å². The van der Waals surface area contributed by atoms with Gasteiger partial charge in [-0.05, 0) is 30.0 Å². The van der Waals surface area contributed by atoms with Crippen LogP contribution in [0.2, 0.25) is 5.02 Å². The first kappa shape index (κ1) is 22.9. The Labute approximate surface area is 193 Å². The molecule has 2 saturated heterocycles. The number of rotatable bonds is 7. The van der Waals surface area contributed by atoms with Gasteiger partial charge in [0.15, 0.2) is 0 Å². The van der Waals surface area contributed by atoms with Crippen LogP contribution in [0.25, 0.3) is 0 Å². The third kappa shape index (κ3) is 5.35. The van der Waals surface area contributed by atoms with Gasteiger partial charge in [-0.25, -0.2) is 0 Å². The van der Waals surface area contributed by atoms with Crippen LogP contribution in [0, 0.1) is 0 Å². The molecule has 8 heteroatoms. The van der Waals surface area contributed by atoms with E-state index in [1.165, 1.54) is 11.6 Å². The first-order chi connectivity index (χ1) is 15.5. The Kier molecular flexibility index (Phi) is 7.52. The molecular weight excluding hydrogens is 430 g/mol. The van der Waals surface area contributed by atoms with E-state index in [9.17, 15) is 15.0 Å². The van der Waals surface area contributed by atoms with E-state index < -0.39 is 0 Å². The van der Waals surface area contributed by atoms with Gasteiger partial charge < -0.3 is 25.2 Å². The summed E-state index contributed by atoms with van der Waals surface area (Å²) in [5.74, 6) is -0.783. The van der Waals surface area contributed by atoms with Crippen molar-refractivity contribution >= 4 is 17.5 Å². The Morgan fingerprint density at radius 1 is 1.09 bits per heavy atom. The summed E-state index contributed by atoms with van der Waals surface area (Å²) < 4.78 is 5.38. The van der Waals surface area contributed by atoms with Crippen LogP contribution in [-0.2, 0) is 11.3 Å². The number of phenolic OH excluding ortho intramolecular Hbond substituents is 2. The van der Waals surface area contributed by atoms with Gasteiger partial charge in [-0.15, -0.1) is 0 Å². The molecule has 2 fully saturated rings. The molecule has 0 radical (unpaired) electrons. The predicted molar refractivity (Wildman–Crippen MR) is 123 cm³/mol. The molecule has 0 spiro atoms. The number of hydrogen-bond acceptors (Lipinski definition) is 6. The van der Waals surface area contributed by atoms with E-state index in [4.69, 9.17) is 16.3 Å². The van der Waals surface area contributed by atoms with Crippen LogP contribution in [0.1, 0.15) is 40.4 Å². The van der Waals surface area contributed by atoms with Crippen molar-refractivity contribution in [3.63, 3.8) is 0 Å². The average Bonchev–Trinajstić information content (AvgIpc) is 3.30. The molecule has 1 amide bonds. The zero-order valence-electron chi connectivity index (χ0n) is 18.1. The molecule has 2 aliphatic rings. The first-order valence-electron chi connectivity index (χ1n) is 11.1. The highest BCUT2D eigenvalue weighted by molar-refractivity contribution is 6.32. The van der Waals surface area contributed by atoms with Crippen molar-refractivity contribution in [1.29, 1.82) is 0 Å². The van der Waals surface area contributed by atoms with E-state index in [1.54, 1.807) is 4.90 Å². The summed E-state index contributed by atoms with van der Waals surface area (Å²) in [5, 5.41) is 23.3. The lowest BCUT2D eigenvalue weighted by molar-refractivity contribution is 0.0384. The van der Waals surface area contributed by atoms with Crippen molar-refractivity contribution < 1.29 is 19.7 Å². The Bertz CT molecular complexity index is 932. The molecule has 172 valence electrons. The van der Waals surface area contributed by atoms with Gasteiger partial charge in [-0.2, -0.15) is 0 Å². The lowest BCUT2D eigenvalue weighted by Crippen LogP contribution is -2.40. The molecule has 32 heavy (non-hydrogen) atoms. The highest BCUT2D eigenvalue weighted by atomic mass is 35.5. The fourth-order valence-corrected chi connectivity index (χ4v) is 4.55. The molecular formula is C24H30ClN3O4. The summed E-state index contributed by atoms with van der Waals surface area (Å²) in [6.07, 6.45) is 1.77. The summed E-state index contributed by atoms with van der Waals surface area (Å²) in [6.45, 7) is 7.02. The molecule has 2 aromatic rings. The smallest absolute Gasteiger partial charge is 0.258 e. The van der Waals surface area contributed by atoms with Crippen LogP contribution < -0.4 is 5.32 Å². The SMILES string of the molecule is O=C(c1cc(Cl)c(O)cc1O)N1CCCC1c1ccc(CNCCN2CCOCC2)cc1. The van der Waals surface area contributed by atoms with E-state index in [0.717, 1.165) is 70.4 Å². The van der Waals surface area contributed by atoms with Crippen LogP contribution in [-0.4, -0.2) is 71.9 Å². The number of amides is 1. The van der Waals surface area contributed by atoms with Gasteiger partial charge in [0.05, 0.1) is 29.8 Å². The fourth-order valence-electron chi connectivity index (χ4n) is 4.39. The minimum Gasteiger partial charge on any atom is -0.507 e. The molecule has 0 aliphatic carbocycles. The van der Waals surface area contributed by atoms with Crippen LogP contribution in [0.4, 0.5) is 0 Å². The lowest BCUT2D eigenvalue weighted by Gasteiger charge is -2.26. The fraction of sp³-hybridized carbons (Fsp3) is 0.458. The Morgan fingerprint density at radius 2 is 1.84 bits per heavy atom. The number of nitrogens with zero attached hydrogens (tertiary/aromatic N) is 2. The lowest BCUT2D eigenvalue weighted by atomic mass is 10.0. The average molecular weight is 460 g/mol. The van der Waals surface area contributed by atoms with Gasteiger partial charge in [0.25, 0.3) is 5.91 Å². The number of ether oxygens (including phenoxy) is 1. The van der Waals surface area contributed by atoms with Crippen molar-refractivity contribution in [3.8, 4) is 11.5 Å². The number of nitrogens with one attached hydrogen (secondary N) is 1. The highest BCUT2D eigenvalue weighted by Crippen LogP contribution is 2.37. The maximum absolute atomic E-state index is 13.1. The van der Waals surface area contributed by atoms with Crippen molar-refractivity contribution in [2.24, 2.45) is 0 Å². The third-order valence-corrected chi connectivity index (χ3v) is 6.51. The van der Waals surface area contributed by atoms with Gasteiger partial charge in [0.2, 0.25) is 0 Å². The Morgan fingerprint density at radius 3 is 2.59 bits per heavy atom. The summed E-state index contributed by atoms with van der Waals surface area (Å²) in [6, 6.07) is 10.8. The molecule has 0 aromatic heterocycles. The molecule has 4 rings (SSSR count). The second-order valence-corrected chi connectivity index (χ2v) is 8.76. The summed E-state index contributed by atoms with van der Waals surface area (Å²) in [5.41, 5.74) is 2.40. The van der Waals surface area contributed by atoms with E-state index in [1.807, 2.05) is 0 Å². The number of benzene rings is 2. The van der Waals surface area contributed by atoms with Crippen molar-refractivity contribution in [1.82, 2.24) is 15.1 Å². The predicted octanol–water partition coefficient (Wildman–Crippen LogP) is 3.15. The van der Waals surface area contributed by atoms with Gasteiger partial charge in [0, 0.05) is 45.3 Å². The van der Waals surface area contributed by atoms with Gasteiger partial charge in [0.1, 0.15) is 11.5 Å². The number of carbonyl (C=O) groups excluding carboxylic acids is 1. The molecule has 1 unspecified atom stereocenters. The molecule has 0 saturated carbocycles. The van der Waals surface area contributed by atoms with Gasteiger partial charge in [-0.1, -0.05) is 35.9 Å². The van der Waals surface area contributed by atoms with E-state index in [0.29, 0.717) is 6.54 Å². The maximum atomic E-state index is 13.1. The van der Waals surface area contributed by atoms with Crippen LogP contribution in [0.5, 0.6) is 11.5 Å². The first-order valence-corrected chi connectivity index (χ1v) is 11.5. The molecule has 2 aliphatic heterocycles. The van der Waals surface area contributed by atoms with Crippen LogP contribution in [0.3, 0.4) is 0 Å². The molecule has 2 heterocycles. The standard InChI is InChI=1S/C24H30ClN3O4/c25-20-14-19(22(29)15-23(20)30)24(31)28-8-1-2-21(28)18-5-3-17(4-6-18)16-26-7-9-27-10-12-32-13-11-27/h3-6,14-15,21,26,29-30H,1-2,7-13,16H2. The maximum Gasteiger partial charge on any atom is 0.258 e. The second-order valence-electron chi connectivity index (χ2n) is 8.35. The number of carbonyl (C=O) groups is 1. The minimum atomic E-state index is -0.277. The van der Waals surface area contributed by atoms with E-state index in [-0.39, 0.29) is 34.0 Å². The Balaban J connectivity index is 1.34. The highest BCUT2D eigenvalue weighted by Gasteiger charge is 2.32. The van der Waals surface area contributed by atoms with Crippen molar-refractivity contribution in [3.05, 3.63) is 58.1 Å². The monoisotopic (exact) mass is 459 g/mol. The number of hydrogen-bond donors (Lipinski definition) is 3. The van der Waals surface area contributed by atoms with E-state index >= 15 is 0 Å². The number of halogens is 1. The summed E-state index contributed by atoms with van der Waals surface area (Å²) in [4.78, 5) is 17.3. The van der Waals surface area contributed by atoms with Crippen molar-refractivity contribution in [2.75, 3.05) is 45.9 Å². The van der Waals surface area contributed by atoms with Crippen LogP contribution in [0.15, 0.2) is 36.4 Å². The summed E-state index contributed by atoms with van der Waals surface area (Å²) in [7, 11) is 0. The largest absolute Gasteiger partial charge is 0.507 e. The number of aromatic hydroxyl groups is 2. The number of morpholine rings is 1. The molecule has 1 atom stereocenters. The zero-order valence-corrected chi connectivity index (χ0v) is 18.9. The zero-order chi connectivity index (χ0) is 22.5. The normalized spacial score (nSPS) is 19.4. The van der Waals surface area contributed by atoms with Gasteiger partial charge >= 0.3 is 0 Å². The third-order valence-electron chi connectivity index (χ3n) is 6.21. The second kappa shape index (κ2) is 10.5. The Hall–Kier alpha value is -2.32. The quantitative estimate of drug-likeness (QED) is 0.551. The topological polar surface area (TPSA) is 85.3 Å². The van der Waals surface area contributed by atoms with E-state index in [2.05, 4.69) is 34.5 Å². The van der Waals surface area contributed by atoms with Crippen LogP contribution >= 0.6 is 11.6 Å². The molecule has 2 aromatic carbocycles. The molecule has 3 N–H and O–H groups in total. The number of likely N-dealkylation sites (tertiary alicyclic amines) is 1. The minimum absolute atomic E-state index is 0.0437. The molecule has 0 bridgehead atoms.